The smallest absolute Gasteiger partial charge is 0.0468 e. The van der Waals surface area contributed by atoms with Crippen LogP contribution >= 0.6 is 0 Å². The van der Waals surface area contributed by atoms with Gasteiger partial charge in [0.05, 0.1) is 0 Å². The molecule has 96 valence electrons. The second kappa shape index (κ2) is 6.61. The molecule has 0 radical (unpaired) electrons. The number of ether oxygens (including phenoxy) is 1. The van der Waals surface area contributed by atoms with Crippen LogP contribution in [0.2, 0.25) is 0 Å². The molecule has 1 aliphatic rings. The fourth-order valence-corrected chi connectivity index (χ4v) is 2.69. The van der Waals surface area contributed by atoms with Crippen molar-refractivity contribution in [1.29, 1.82) is 0 Å². The van der Waals surface area contributed by atoms with Gasteiger partial charge in [-0.2, -0.15) is 0 Å². The highest BCUT2D eigenvalue weighted by atomic mass is 16.5. The summed E-state index contributed by atoms with van der Waals surface area (Å²) in [6.45, 7) is 9.00. The summed E-state index contributed by atoms with van der Waals surface area (Å²) < 4.78 is 5.22. The predicted molar refractivity (Wildman–Crippen MR) is 69.7 cm³/mol. The Morgan fingerprint density at radius 2 is 1.94 bits per heavy atom. The molecule has 1 atom stereocenters. The van der Waals surface area contributed by atoms with Gasteiger partial charge in [-0.05, 0) is 43.9 Å². The van der Waals surface area contributed by atoms with Crippen molar-refractivity contribution >= 4 is 0 Å². The molecule has 0 aliphatic heterocycles. The highest BCUT2D eigenvalue weighted by Crippen LogP contribution is 2.43. The Bertz CT molecular complexity index is 187. The maximum Gasteiger partial charge on any atom is 0.0468 e. The molecule has 0 saturated heterocycles. The van der Waals surface area contributed by atoms with Crippen molar-refractivity contribution in [3.8, 4) is 0 Å². The van der Waals surface area contributed by atoms with Crippen LogP contribution in [-0.2, 0) is 4.74 Å². The van der Waals surface area contributed by atoms with E-state index in [9.17, 15) is 0 Å². The summed E-state index contributed by atoms with van der Waals surface area (Å²) in [5, 5.41) is 3.71. The second-order valence-electron chi connectivity index (χ2n) is 6.01. The molecule has 2 nitrogen and oxygen atoms in total. The van der Waals surface area contributed by atoms with Crippen LogP contribution in [0.4, 0.5) is 0 Å². The summed E-state index contributed by atoms with van der Waals surface area (Å²) >= 11 is 0. The lowest BCUT2D eigenvalue weighted by atomic mass is 9.66. The van der Waals surface area contributed by atoms with Crippen molar-refractivity contribution in [3.63, 3.8) is 0 Å². The molecule has 1 aliphatic carbocycles. The summed E-state index contributed by atoms with van der Waals surface area (Å²) in [4.78, 5) is 0. The Labute approximate surface area is 101 Å². The van der Waals surface area contributed by atoms with Gasteiger partial charge < -0.3 is 10.1 Å². The van der Waals surface area contributed by atoms with Gasteiger partial charge in [0, 0.05) is 26.3 Å². The summed E-state index contributed by atoms with van der Waals surface area (Å²) in [5.41, 5.74) is 0.557. The second-order valence-corrected chi connectivity index (χ2v) is 6.01. The van der Waals surface area contributed by atoms with Crippen LogP contribution in [-0.4, -0.2) is 26.3 Å². The van der Waals surface area contributed by atoms with E-state index in [2.05, 4.69) is 26.1 Å². The Hall–Kier alpha value is -0.0800. The minimum Gasteiger partial charge on any atom is -0.385 e. The lowest BCUT2D eigenvalue weighted by molar-refractivity contribution is 0.0662. The fourth-order valence-electron chi connectivity index (χ4n) is 2.69. The molecule has 1 unspecified atom stereocenters. The van der Waals surface area contributed by atoms with Gasteiger partial charge in [-0.25, -0.2) is 0 Å². The van der Waals surface area contributed by atoms with Gasteiger partial charge in [0.25, 0.3) is 0 Å². The first kappa shape index (κ1) is 14.0. The van der Waals surface area contributed by atoms with Crippen LogP contribution in [0.15, 0.2) is 0 Å². The molecular weight excluding hydrogens is 198 g/mol. The van der Waals surface area contributed by atoms with E-state index in [1.54, 1.807) is 7.11 Å². The molecule has 0 spiro atoms. The van der Waals surface area contributed by atoms with Crippen LogP contribution in [0.3, 0.4) is 0 Å². The first-order valence-electron chi connectivity index (χ1n) is 6.80. The van der Waals surface area contributed by atoms with Crippen molar-refractivity contribution in [1.82, 2.24) is 5.32 Å². The first-order chi connectivity index (χ1) is 7.58. The molecule has 0 aromatic carbocycles. The zero-order chi connectivity index (χ0) is 12.0. The van der Waals surface area contributed by atoms with Gasteiger partial charge in [0.2, 0.25) is 0 Å². The van der Waals surface area contributed by atoms with E-state index in [4.69, 9.17) is 4.74 Å². The van der Waals surface area contributed by atoms with Gasteiger partial charge in [0.15, 0.2) is 0 Å². The van der Waals surface area contributed by atoms with Crippen molar-refractivity contribution in [2.45, 2.75) is 58.9 Å². The normalized spacial score (nSPS) is 20.8. The Balaban J connectivity index is 2.22. The molecular formula is C14H29NO. The van der Waals surface area contributed by atoms with Crippen molar-refractivity contribution in [3.05, 3.63) is 0 Å². The van der Waals surface area contributed by atoms with E-state index in [-0.39, 0.29) is 0 Å². The van der Waals surface area contributed by atoms with Crippen LogP contribution < -0.4 is 5.32 Å². The van der Waals surface area contributed by atoms with Gasteiger partial charge in [-0.3, -0.25) is 0 Å². The minimum atomic E-state index is 0.557. The van der Waals surface area contributed by atoms with E-state index in [1.165, 1.54) is 38.6 Å². The molecule has 0 aromatic heterocycles. The van der Waals surface area contributed by atoms with Crippen molar-refractivity contribution in [2.24, 2.45) is 11.3 Å². The fraction of sp³-hybridized carbons (Fsp3) is 1.00. The largest absolute Gasteiger partial charge is 0.385 e. The van der Waals surface area contributed by atoms with E-state index in [0.29, 0.717) is 11.5 Å². The molecule has 2 heteroatoms. The zero-order valence-corrected chi connectivity index (χ0v) is 11.5. The van der Waals surface area contributed by atoms with E-state index in [1.807, 2.05) is 0 Å². The zero-order valence-electron chi connectivity index (χ0n) is 11.5. The van der Waals surface area contributed by atoms with Crippen molar-refractivity contribution in [2.75, 3.05) is 20.3 Å². The van der Waals surface area contributed by atoms with Crippen LogP contribution in [0.25, 0.3) is 0 Å². The molecule has 0 aromatic rings. The third kappa shape index (κ3) is 4.42. The van der Waals surface area contributed by atoms with Gasteiger partial charge in [-0.1, -0.05) is 20.3 Å². The quantitative estimate of drug-likeness (QED) is 0.687. The van der Waals surface area contributed by atoms with E-state index in [0.717, 1.165) is 12.5 Å². The third-order valence-corrected chi connectivity index (χ3v) is 3.90. The number of hydrogen-bond acceptors (Lipinski definition) is 2. The summed E-state index contributed by atoms with van der Waals surface area (Å²) in [6, 6.07) is 0.653. The first-order valence-corrected chi connectivity index (χ1v) is 6.80. The molecule has 1 N–H and O–H groups in total. The lowest BCUT2D eigenvalue weighted by Gasteiger charge is -2.43. The van der Waals surface area contributed by atoms with Gasteiger partial charge >= 0.3 is 0 Å². The molecule has 1 saturated carbocycles. The molecule has 16 heavy (non-hydrogen) atoms. The van der Waals surface area contributed by atoms with Gasteiger partial charge in [-0.15, -0.1) is 0 Å². The predicted octanol–water partition coefficient (Wildman–Crippen LogP) is 3.22. The summed E-state index contributed by atoms with van der Waals surface area (Å²) in [5.74, 6) is 0.791. The monoisotopic (exact) mass is 227 g/mol. The highest BCUT2D eigenvalue weighted by Gasteiger charge is 2.36. The SMILES string of the molecule is COCCC1(CNC(C)CC(C)C)CCC1. The van der Waals surface area contributed by atoms with Gasteiger partial charge in [0.1, 0.15) is 0 Å². The molecule has 1 fully saturated rings. The lowest BCUT2D eigenvalue weighted by Crippen LogP contribution is -2.43. The average molecular weight is 227 g/mol. The molecule has 0 heterocycles. The Morgan fingerprint density at radius 3 is 2.38 bits per heavy atom. The minimum absolute atomic E-state index is 0.557. The Kier molecular flexibility index (Phi) is 5.77. The van der Waals surface area contributed by atoms with Crippen LogP contribution in [0, 0.1) is 11.3 Å². The highest BCUT2D eigenvalue weighted by molar-refractivity contribution is 4.90. The third-order valence-electron chi connectivity index (χ3n) is 3.90. The van der Waals surface area contributed by atoms with E-state index < -0.39 is 0 Å². The standard InChI is InChI=1S/C14H29NO/c1-12(2)10-13(3)15-11-14(6-5-7-14)8-9-16-4/h12-13,15H,5-11H2,1-4H3. The van der Waals surface area contributed by atoms with E-state index >= 15 is 0 Å². The average Bonchev–Trinajstić information content (AvgIpc) is 2.14. The van der Waals surface area contributed by atoms with Crippen LogP contribution in [0.1, 0.15) is 52.9 Å². The molecule has 0 amide bonds. The number of hydrogen-bond donors (Lipinski definition) is 1. The summed E-state index contributed by atoms with van der Waals surface area (Å²) in [6.07, 6.45) is 6.69. The van der Waals surface area contributed by atoms with Crippen LogP contribution in [0.5, 0.6) is 0 Å². The summed E-state index contributed by atoms with van der Waals surface area (Å²) in [7, 11) is 1.81. The maximum atomic E-state index is 5.22. The Morgan fingerprint density at radius 1 is 1.25 bits per heavy atom. The topological polar surface area (TPSA) is 21.3 Å². The van der Waals surface area contributed by atoms with Crippen molar-refractivity contribution < 1.29 is 4.74 Å². The molecule has 0 bridgehead atoms. The number of methoxy groups -OCH3 is 1. The maximum absolute atomic E-state index is 5.22. The molecule has 1 rings (SSSR count). The number of nitrogens with one attached hydrogen (secondary N) is 1. The number of rotatable bonds is 8.